The SMILES string of the molecule is CCc1noc(C)c1C(=O)NNC(=O)Cc1csc(N2CCOCC2)n1. The second-order valence-corrected chi connectivity index (χ2v) is 6.65. The number of nitrogens with zero attached hydrogens (tertiary/aromatic N) is 3. The highest BCUT2D eigenvalue weighted by atomic mass is 32.1. The van der Waals surface area contributed by atoms with E-state index in [1.807, 2.05) is 12.3 Å². The number of hydrazine groups is 1. The highest BCUT2D eigenvalue weighted by Crippen LogP contribution is 2.21. The van der Waals surface area contributed by atoms with E-state index < -0.39 is 5.91 Å². The zero-order chi connectivity index (χ0) is 18.5. The van der Waals surface area contributed by atoms with Gasteiger partial charge in [-0.25, -0.2) is 4.98 Å². The zero-order valence-electron chi connectivity index (χ0n) is 14.7. The van der Waals surface area contributed by atoms with Crippen molar-refractivity contribution in [2.24, 2.45) is 0 Å². The fourth-order valence-corrected chi connectivity index (χ4v) is 3.50. The second kappa shape index (κ2) is 8.28. The van der Waals surface area contributed by atoms with Gasteiger partial charge in [0.1, 0.15) is 11.3 Å². The summed E-state index contributed by atoms with van der Waals surface area (Å²) in [6, 6.07) is 0. The predicted octanol–water partition coefficient (Wildman–Crippen LogP) is 0.842. The first-order valence-corrected chi connectivity index (χ1v) is 9.28. The number of hydrogen-bond acceptors (Lipinski definition) is 8. The number of carbonyl (C=O) groups excluding carboxylic acids is 2. The van der Waals surface area contributed by atoms with E-state index in [2.05, 4.69) is 25.9 Å². The van der Waals surface area contributed by atoms with E-state index in [-0.39, 0.29) is 12.3 Å². The third-order valence-corrected chi connectivity index (χ3v) is 4.92. The van der Waals surface area contributed by atoms with Crippen molar-refractivity contribution in [3.8, 4) is 0 Å². The Morgan fingerprint density at radius 2 is 2.08 bits per heavy atom. The summed E-state index contributed by atoms with van der Waals surface area (Å²) in [5.74, 6) is -0.367. The number of anilines is 1. The van der Waals surface area contributed by atoms with Crippen LogP contribution in [-0.2, 0) is 22.4 Å². The summed E-state index contributed by atoms with van der Waals surface area (Å²) in [7, 11) is 0. The smallest absolute Gasteiger partial charge is 0.275 e. The molecule has 0 saturated carbocycles. The molecule has 140 valence electrons. The molecule has 2 aromatic heterocycles. The first-order valence-electron chi connectivity index (χ1n) is 8.40. The quantitative estimate of drug-likeness (QED) is 0.741. The first-order chi connectivity index (χ1) is 12.6. The van der Waals surface area contributed by atoms with Crippen LogP contribution in [0.5, 0.6) is 0 Å². The number of carbonyl (C=O) groups is 2. The maximum Gasteiger partial charge on any atom is 0.275 e. The molecular formula is C16H21N5O4S. The average molecular weight is 379 g/mol. The lowest BCUT2D eigenvalue weighted by Gasteiger charge is -2.26. The Hall–Kier alpha value is -2.46. The van der Waals surface area contributed by atoms with Gasteiger partial charge in [0, 0.05) is 18.5 Å². The van der Waals surface area contributed by atoms with Gasteiger partial charge in [-0.05, 0) is 13.3 Å². The van der Waals surface area contributed by atoms with Crippen LogP contribution in [-0.4, -0.2) is 48.3 Å². The van der Waals surface area contributed by atoms with Gasteiger partial charge in [-0.2, -0.15) is 0 Å². The molecule has 0 unspecified atom stereocenters. The van der Waals surface area contributed by atoms with Crippen LogP contribution in [0.15, 0.2) is 9.90 Å². The number of rotatable bonds is 5. The molecule has 2 amide bonds. The Bertz CT molecular complexity index is 781. The summed E-state index contributed by atoms with van der Waals surface area (Å²) in [5, 5.41) is 6.56. The van der Waals surface area contributed by atoms with Crippen LogP contribution in [0.2, 0.25) is 0 Å². The van der Waals surface area contributed by atoms with Crippen molar-refractivity contribution < 1.29 is 18.8 Å². The van der Waals surface area contributed by atoms with Crippen molar-refractivity contribution in [2.45, 2.75) is 26.7 Å². The first kappa shape index (κ1) is 18.3. The number of hydrogen-bond donors (Lipinski definition) is 2. The molecule has 0 bridgehead atoms. The Morgan fingerprint density at radius 1 is 1.31 bits per heavy atom. The standard InChI is InChI=1S/C16H21N5O4S/c1-3-12-14(10(2)25-20-12)15(23)19-18-13(22)8-11-9-26-16(17-11)21-4-6-24-7-5-21/h9H,3-8H2,1-2H3,(H,18,22)(H,19,23). The van der Waals surface area contributed by atoms with Crippen LogP contribution in [0, 0.1) is 6.92 Å². The van der Waals surface area contributed by atoms with Crippen LogP contribution < -0.4 is 15.8 Å². The molecule has 0 aliphatic carbocycles. The van der Waals surface area contributed by atoms with Crippen molar-refractivity contribution in [3.05, 3.63) is 28.1 Å². The van der Waals surface area contributed by atoms with E-state index in [1.165, 1.54) is 11.3 Å². The largest absolute Gasteiger partial charge is 0.378 e. The second-order valence-electron chi connectivity index (χ2n) is 5.81. The lowest BCUT2D eigenvalue weighted by Crippen LogP contribution is -2.42. The highest BCUT2D eigenvalue weighted by Gasteiger charge is 2.20. The number of nitrogens with one attached hydrogen (secondary N) is 2. The average Bonchev–Trinajstić information content (AvgIpc) is 3.27. The number of aromatic nitrogens is 2. The van der Waals surface area contributed by atoms with Gasteiger partial charge in [-0.15, -0.1) is 11.3 Å². The lowest BCUT2D eigenvalue weighted by molar-refractivity contribution is -0.121. The zero-order valence-corrected chi connectivity index (χ0v) is 15.5. The molecule has 2 N–H and O–H groups in total. The van der Waals surface area contributed by atoms with E-state index in [4.69, 9.17) is 9.26 Å². The summed E-state index contributed by atoms with van der Waals surface area (Å²) >= 11 is 1.50. The van der Waals surface area contributed by atoms with Gasteiger partial charge in [0.25, 0.3) is 5.91 Å². The fourth-order valence-electron chi connectivity index (χ4n) is 2.63. The number of thiazole rings is 1. The normalized spacial score (nSPS) is 14.3. The fraction of sp³-hybridized carbons (Fsp3) is 0.500. The molecule has 3 rings (SSSR count). The van der Waals surface area contributed by atoms with Crippen molar-refractivity contribution >= 4 is 28.3 Å². The van der Waals surface area contributed by atoms with Gasteiger partial charge in [0.15, 0.2) is 5.13 Å². The van der Waals surface area contributed by atoms with Gasteiger partial charge in [0.05, 0.1) is 31.0 Å². The van der Waals surface area contributed by atoms with Crippen molar-refractivity contribution in [1.29, 1.82) is 0 Å². The molecule has 2 aromatic rings. The molecule has 9 nitrogen and oxygen atoms in total. The van der Waals surface area contributed by atoms with E-state index >= 15 is 0 Å². The molecule has 26 heavy (non-hydrogen) atoms. The van der Waals surface area contributed by atoms with Crippen molar-refractivity contribution in [1.82, 2.24) is 21.0 Å². The molecule has 1 aliphatic heterocycles. The minimum absolute atomic E-state index is 0.0877. The maximum atomic E-state index is 12.2. The molecule has 1 aliphatic rings. The third kappa shape index (κ3) is 4.20. The summed E-state index contributed by atoms with van der Waals surface area (Å²) in [6.45, 7) is 6.50. The van der Waals surface area contributed by atoms with Crippen LogP contribution in [0.4, 0.5) is 5.13 Å². The van der Waals surface area contributed by atoms with Gasteiger partial charge in [0.2, 0.25) is 5.91 Å². The van der Waals surface area contributed by atoms with E-state index in [0.29, 0.717) is 42.3 Å². The number of ether oxygens (including phenoxy) is 1. The summed E-state index contributed by atoms with van der Waals surface area (Å²) in [6.07, 6.45) is 0.654. The molecule has 0 atom stereocenters. The predicted molar refractivity (Wildman–Crippen MR) is 95.1 cm³/mol. The number of amides is 2. The summed E-state index contributed by atoms with van der Waals surface area (Å²) in [4.78, 5) is 30.9. The number of aryl methyl sites for hydroxylation is 2. The molecule has 0 radical (unpaired) electrons. The van der Waals surface area contributed by atoms with Gasteiger partial charge < -0.3 is 14.2 Å². The molecular weight excluding hydrogens is 358 g/mol. The summed E-state index contributed by atoms with van der Waals surface area (Å²) < 4.78 is 10.3. The van der Waals surface area contributed by atoms with Crippen molar-refractivity contribution in [3.63, 3.8) is 0 Å². The Kier molecular flexibility index (Phi) is 5.84. The minimum atomic E-state index is -0.443. The third-order valence-electron chi connectivity index (χ3n) is 3.97. The van der Waals surface area contributed by atoms with Crippen molar-refractivity contribution in [2.75, 3.05) is 31.2 Å². The van der Waals surface area contributed by atoms with E-state index in [9.17, 15) is 9.59 Å². The lowest BCUT2D eigenvalue weighted by atomic mass is 10.1. The highest BCUT2D eigenvalue weighted by molar-refractivity contribution is 7.13. The molecule has 0 spiro atoms. The summed E-state index contributed by atoms with van der Waals surface area (Å²) in [5.41, 5.74) is 6.39. The Labute approximate surface area is 154 Å². The van der Waals surface area contributed by atoms with Crippen LogP contribution >= 0.6 is 11.3 Å². The number of morpholine rings is 1. The van der Waals surface area contributed by atoms with E-state index in [0.717, 1.165) is 18.2 Å². The molecule has 0 aromatic carbocycles. The van der Waals surface area contributed by atoms with E-state index in [1.54, 1.807) is 6.92 Å². The maximum absolute atomic E-state index is 12.2. The van der Waals surface area contributed by atoms with Crippen LogP contribution in [0.1, 0.15) is 34.4 Å². The molecule has 3 heterocycles. The minimum Gasteiger partial charge on any atom is -0.378 e. The monoisotopic (exact) mass is 379 g/mol. The Balaban J connectivity index is 1.52. The van der Waals surface area contributed by atoms with Crippen LogP contribution in [0.3, 0.4) is 0 Å². The topological polar surface area (TPSA) is 110 Å². The van der Waals surface area contributed by atoms with Crippen LogP contribution in [0.25, 0.3) is 0 Å². The molecule has 10 heteroatoms. The Morgan fingerprint density at radius 3 is 2.81 bits per heavy atom. The van der Waals surface area contributed by atoms with Gasteiger partial charge in [-0.1, -0.05) is 12.1 Å². The van der Waals surface area contributed by atoms with Gasteiger partial charge in [-0.3, -0.25) is 20.4 Å². The molecule has 1 fully saturated rings. The molecule has 1 saturated heterocycles. The van der Waals surface area contributed by atoms with Gasteiger partial charge >= 0.3 is 0 Å².